The number of rotatable bonds is 4. The van der Waals surface area contributed by atoms with Crippen LogP contribution in [0.1, 0.15) is 30.1 Å². The first-order valence-corrected chi connectivity index (χ1v) is 8.23. The number of alkyl halides is 3. The average Bonchev–Trinajstić information content (AvgIpc) is 2.98. The van der Waals surface area contributed by atoms with E-state index in [0.717, 1.165) is 49.7 Å². The van der Waals surface area contributed by atoms with Crippen LogP contribution < -0.4 is 4.90 Å². The topological polar surface area (TPSA) is 45.4 Å². The van der Waals surface area contributed by atoms with Gasteiger partial charge in [-0.25, -0.2) is 9.97 Å². The molecule has 136 valence electrons. The standard InChI is InChI=1S/C17H21F3N4O/c1-12-5-6-14(25-12)11-24-9-3-4-13(10-24)23(2)16-21-8-7-15(22-16)17(18,19)20/h5-8,13H,3-4,9-11H2,1-2H3. The van der Waals surface area contributed by atoms with Gasteiger partial charge in [-0.1, -0.05) is 0 Å². The van der Waals surface area contributed by atoms with E-state index in [1.54, 1.807) is 11.9 Å². The summed E-state index contributed by atoms with van der Waals surface area (Å²) in [6, 6.07) is 4.84. The quantitative estimate of drug-likeness (QED) is 0.841. The third-order valence-corrected chi connectivity index (χ3v) is 4.45. The molecule has 0 radical (unpaired) electrons. The molecule has 1 atom stereocenters. The average molecular weight is 354 g/mol. The van der Waals surface area contributed by atoms with Crippen LogP contribution in [0.25, 0.3) is 0 Å². The summed E-state index contributed by atoms with van der Waals surface area (Å²) in [6.45, 7) is 4.27. The lowest BCUT2D eigenvalue weighted by Gasteiger charge is -2.37. The minimum Gasteiger partial charge on any atom is -0.465 e. The molecule has 0 spiro atoms. The van der Waals surface area contributed by atoms with E-state index >= 15 is 0 Å². The molecule has 1 fully saturated rings. The molecular formula is C17H21F3N4O. The van der Waals surface area contributed by atoms with E-state index in [-0.39, 0.29) is 12.0 Å². The van der Waals surface area contributed by atoms with Gasteiger partial charge in [0.15, 0.2) is 0 Å². The molecule has 0 N–H and O–H groups in total. The SMILES string of the molecule is Cc1ccc(CN2CCCC(N(C)c3nccc(C(F)(F)F)n3)C2)o1. The van der Waals surface area contributed by atoms with Crippen LogP contribution in [0.4, 0.5) is 19.1 Å². The Morgan fingerprint density at radius 3 is 2.80 bits per heavy atom. The molecule has 1 aliphatic heterocycles. The van der Waals surface area contributed by atoms with Gasteiger partial charge in [-0.15, -0.1) is 0 Å². The molecule has 25 heavy (non-hydrogen) atoms. The van der Waals surface area contributed by atoms with Crippen molar-refractivity contribution < 1.29 is 17.6 Å². The van der Waals surface area contributed by atoms with E-state index in [9.17, 15) is 13.2 Å². The number of furan rings is 1. The van der Waals surface area contributed by atoms with E-state index in [2.05, 4.69) is 14.9 Å². The van der Waals surface area contributed by atoms with Crippen LogP contribution in [-0.4, -0.2) is 41.0 Å². The Morgan fingerprint density at radius 2 is 2.12 bits per heavy atom. The highest BCUT2D eigenvalue weighted by Gasteiger charge is 2.34. The Bertz CT molecular complexity index is 716. The number of aryl methyl sites for hydroxylation is 1. The predicted molar refractivity (Wildman–Crippen MR) is 87.2 cm³/mol. The zero-order valence-corrected chi connectivity index (χ0v) is 14.3. The minimum absolute atomic E-state index is 0.0632. The highest BCUT2D eigenvalue weighted by molar-refractivity contribution is 5.31. The third kappa shape index (κ3) is 4.31. The first-order valence-electron chi connectivity index (χ1n) is 8.23. The van der Waals surface area contributed by atoms with Crippen molar-refractivity contribution >= 4 is 5.95 Å². The molecule has 1 saturated heterocycles. The van der Waals surface area contributed by atoms with Crippen molar-refractivity contribution in [1.29, 1.82) is 0 Å². The molecule has 3 rings (SSSR count). The number of aromatic nitrogens is 2. The van der Waals surface area contributed by atoms with Crippen LogP contribution in [0.3, 0.4) is 0 Å². The van der Waals surface area contributed by atoms with Crippen LogP contribution in [0.5, 0.6) is 0 Å². The number of halogens is 3. The van der Waals surface area contributed by atoms with E-state index < -0.39 is 11.9 Å². The Kier molecular flexibility index (Phi) is 4.99. The maximum Gasteiger partial charge on any atom is 0.433 e. The fraction of sp³-hybridized carbons (Fsp3) is 0.529. The summed E-state index contributed by atoms with van der Waals surface area (Å²) >= 11 is 0. The van der Waals surface area contributed by atoms with Gasteiger partial charge in [0.1, 0.15) is 17.2 Å². The summed E-state index contributed by atoms with van der Waals surface area (Å²) in [6.07, 6.45) is -1.44. The Balaban J connectivity index is 1.68. The lowest BCUT2D eigenvalue weighted by molar-refractivity contribution is -0.141. The molecule has 8 heteroatoms. The van der Waals surface area contributed by atoms with E-state index in [1.807, 2.05) is 19.1 Å². The molecule has 0 amide bonds. The lowest BCUT2D eigenvalue weighted by Crippen LogP contribution is -2.46. The molecule has 0 bridgehead atoms. The molecule has 1 unspecified atom stereocenters. The maximum atomic E-state index is 12.9. The Hall–Kier alpha value is -2.09. The summed E-state index contributed by atoms with van der Waals surface area (Å²) in [7, 11) is 1.75. The van der Waals surface area contributed by atoms with Crippen molar-refractivity contribution in [1.82, 2.24) is 14.9 Å². The highest BCUT2D eigenvalue weighted by atomic mass is 19.4. The molecule has 0 aromatic carbocycles. The van der Waals surface area contributed by atoms with Crippen molar-refractivity contribution in [2.24, 2.45) is 0 Å². The van der Waals surface area contributed by atoms with E-state index in [0.29, 0.717) is 6.54 Å². The summed E-state index contributed by atoms with van der Waals surface area (Å²) in [5.74, 6) is 1.88. The van der Waals surface area contributed by atoms with E-state index in [4.69, 9.17) is 4.42 Å². The van der Waals surface area contributed by atoms with Gasteiger partial charge in [-0.3, -0.25) is 4.90 Å². The van der Waals surface area contributed by atoms with Gasteiger partial charge in [0.25, 0.3) is 0 Å². The second kappa shape index (κ2) is 7.03. The van der Waals surface area contributed by atoms with Crippen molar-refractivity contribution in [2.75, 3.05) is 25.0 Å². The lowest BCUT2D eigenvalue weighted by atomic mass is 10.0. The second-order valence-electron chi connectivity index (χ2n) is 6.39. The first-order chi connectivity index (χ1) is 11.8. The number of anilines is 1. The van der Waals surface area contributed by atoms with Gasteiger partial charge in [-0.2, -0.15) is 13.2 Å². The van der Waals surface area contributed by atoms with Crippen molar-refractivity contribution in [3.05, 3.63) is 41.6 Å². The molecule has 0 aliphatic carbocycles. The molecule has 3 heterocycles. The van der Waals surface area contributed by atoms with Crippen molar-refractivity contribution in [2.45, 2.75) is 38.5 Å². The predicted octanol–water partition coefficient (Wildman–Crippen LogP) is 3.50. The minimum atomic E-state index is -4.46. The summed E-state index contributed by atoms with van der Waals surface area (Å²) < 4.78 is 44.2. The number of likely N-dealkylation sites (tertiary alicyclic amines) is 1. The highest BCUT2D eigenvalue weighted by Crippen LogP contribution is 2.29. The second-order valence-corrected chi connectivity index (χ2v) is 6.39. The Labute approximate surface area is 144 Å². The fourth-order valence-corrected chi connectivity index (χ4v) is 3.12. The van der Waals surface area contributed by atoms with Crippen molar-refractivity contribution in [3.8, 4) is 0 Å². The van der Waals surface area contributed by atoms with Crippen molar-refractivity contribution in [3.63, 3.8) is 0 Å². The number of likely N-dealkylation sites (N-methyl/N-ethyl adjacent to an activating group) is 1. The first kappa shape index (κ1) is 17.7. The summed E-state index contributed by atoms with van der Waals surface area (Å²) in [4.78, 5) is 11.7. The van der Waals surface area contributed by atoms with Crippen LogP contribution in [0.15, 0.2) is 28.8 Å². The van der Waals surface area contributed by atoms with Crippen LogP contribution in [0, 0.1) is 6.92 Å². The zero-order valence-electron chi connectivity index (χ0n) is 14.3. The van der Waals surface area contributed by atoms with Gasteiger partial charge >= 0.3 is 6.18 Å². The monoisotopic (exact) mass is 354 g/mol. The Morgan fingerprint density at radius 1 is 1.32 bits per heavy atom. The van der Waals surface area contributed by atoms with Crippen LogP contribution in [-0.2, 0) is 12.7 Å². The number of hydrogen-bond acceptors (Lipinski definition) is 5. The molecule has 1 aliphatic rings. The molecular weight excluding hydrogens is 333 g/mol. The summed E-state index contributed by atoms with van der Waals surface area (Å²) in [5.41, 5.74) is -0.914. The van der Waals surface area contributed by atoms with Gasteiger partial charge in [0.2, 0.25) is 5.95 Å². The normalized spacial score (nSPS) is 19.2. The third-order valence-electron chi connectivity index (χ3n) is 4.45. The molecule has 2 aromatic rings. The van der Waals surface area contributed by atoms with Gasteiger partial charge in [0, 0.05) is 25.8 Å². The van der Waals surface area contributed by atoms with Crippen LogP contribution >= 0.6 is 0 Å². The molecule has 2 aromatic heterocycles. The van der Waals surface area contributed by atoms with Gasteiger partial charge in [0.05, 0.1) is 6.54 Å². The molecule has 0 saturated carbocycles. The number of hydrogen-bond donors (Lipinski definition) is 0. The van der Waals surface area contributed by atoms with E-state index in [1.165, 1.54) is 0 Å². The number of piperidine rings is 1. The maximum absolute atomic E-state index is 12.9. The largest absolute Gasteiger partial charge is 0.465 e. The molecule has 5 nitrogen and oxygen atoms in total. The van der Waals surface area contributed by atoms with Gasteiger partial charge in [-0.05, 0) is 44.5 Å². The smallest absolute Gasteiger partial charge is 0.433 e. The fourth-order valence-electron chi connectivity index (χ4n) is 3.12. The van der Waals surface area contributed by atoms with Gasteiger partial charge < -0.3 is 9.32 Å². The van der Waals surface area contributed by atoms with Crippen LogP contribution in [0.2, 0.25) is 0 Å². The number of nitrogens with zero attached hydrogens (tertiary/aromatic N) is 4. The zero-order chi connectivity index (χ0) is 18.0. The summed E-state index contributed by atoms with van der Waals surface area (Å²) in [5, 5.41) is 0.